The Hall–Kier alpha value is -2.26. The fourth-order valence-corrected chi connectivity index (χ4v) is 6.66. The number of benzene rings is 2. The van der Waals surface area contributed by atoms with E-state index in [1.165, 1.54) is 57.8 Å². The highest BCUT2D eigenvalue weighted by molar-refractivity contribution is 5.85. The van der Waals surface area contributed by atoms with Crippen molar-refractivity contribution in [3.8, 4) is 17.6 Å². The quantitative estimate of drug-likeness (QED) is 0.151. The van der Waals surface area contributed by atoms with E-state index in [9.17, 15) is 10.4 Å². The van der Waals surface area contributed by atoms with Crippen LogP contribution < -0.4 is 9.47 Å². The molecule has 240 valence electrons. The third-order valence-electron chi connectivity index (χ3n) is 9.40. The first-order valence-electron chi connectivity index (χ1n) is 16.7. The van der Waals surface area contributed by atoms with Crippen LogP contribution in [0.2, 0.25) is 0 Å². The number of aliphatic hydroxyl groups excluding tert-OH is 1. The van der Waals surface area contributed by atoms with Crippen molar-refractivity contribution >= 4 is 12.4 Å². The number of methoxy groups -OCH3 is 2. The van der Waals surface area contributed by atoms with Gasteiger partial charge in [0.25, 0.3) is 0 Å². The van der Waals surface area contributed by atoms with Gasteiger partial charge in [0.15, 0.2) is 11.5 Å². The Morgan fingerprint density at radius 3 is 2.00 bits per heavy atom. The second kappa shape index (κ2) is 20.7. The van der Waals surface area contributed by atoms with Crippen LogP contribution in [0.5, 0.6) is 11.5 Å². The Morgan fingerprint density at radius 1 is 0.837 bits per heavy atom. The number of hydrogen-bond acceptors (Lipinski definition) is 5. The zero-order chi connectivity index (χ0) is 30.0. The van der Waals surface area contributed by atoms with Crippen LogP contribution in [0.1, 0.15) is 120 Å². The number of aliphatic hydroxyl groups is 1. The van der Waals surface area contributed by atoms with Gasteiger partial charge in [-0.15, -0.1) is 12.4 Å². The number of nitriles is 1. The minimum Gasteiger partial charge on any atom is -0.493 e. The molecule has 6 heteroatoms. The predicted octanol–water partition coefficient (Wildman–Crippen LogP) is 9.42. The number of piperidine rings is 1. The molecule has 0 radical (unpaired) electrons. The molecule has 1 heterocycles. The zero-order valence-electron chi connectivity index (χ0n) is 27.1. The molecule has 2 aromatic rings. The number of nitrogens with zero attached hydrogens (tertiary/aromatic N) is 2. The van der Waals surface area contributed by atoms with Crippen LogP contribution in [0.3, 0.4) is 0 Å². The Kier molecular flexibility index (Phi) is 17.7. The van der Waals surface area contributed by atoms with E-state index in [0.29, 0.717) is 17.4 Å². The fraction of sp³-hybridized carbons (Fsp3) is 0.649. The second-order valence-electron chi connectivity index (χ2n) is 12.3. The van der Waals surface area contributed by atoms with Crippen molar-refractivity contribution in [2.45, 2.75) is 115 Å². The van der Waals surface area contributed by atoms with Gasteiger partial charge in [-0.1, -0.05) is 108 Å². The maximum absolute atomic E-state index is 10.9. The van der Waals surface area contributed by atoms with Crippen molar-refractivity contribution in [3.63, 3.8) is 0 Å². The molecule has 1 N–H and O–H groups in total. The van der Waals surface area contributed by atoms with Crippen molar-refractivity contribution < 1.29 is 14.6 Å². The SMILES string of the molecule is CCCCCCCCCCCCC(C#N)(CCCN1CCC(C(O)c2ccccc2)CC1)c1ccc(OC)c(OC)c1.Cl. The summed E-state index contributed by atoms with van der Waals surface area (Å²) in [5.41, 5.74) is 1.54. The van der Waals surface area contributed by atoms with Crippen LogP contribution in [0, 0.1) is 17.2 Å². The monoisotopic (exact) mass is 612 g/mol. The summed E-state index contributed by atoms with van der Waals surface area (Å²) in [6.45, 7) is 5.26. The molecule has 1 aliphatic heterocycles. The van der Waals surface area contributed by atoms with Gasteiger partial charge in [-0.3, -0.25) is 0 Å². The van der Waals surface area contributed by atoms with Gasteiger partial charge in [0.05, 0.1) is 31.8 Å². The lowest BCUT2D eigenvalue weighted by Crippen LogP contribution is -2.37. The van der Waals surface area contributed by atoms with Gasteiger partial charge in [0.1, 0.15) is 0 Å². The number of hydrogen-bond donors (Lipinski definition) is 1. The van der Waals surface area contributed by atoms with E-state index in [1.807, 2.05) is 42.5 Å². The van der Waals surface area contributed by atoms with Gasteiger partial charge in [-0.05, 0) is 80.9 Å². The molecule has 2 unspecified atom stereocenters. The first-order valence-corrected chi connectivity index (χ1v) is 16.7. The minimum absolute atomic E-state index is 0. The normalized spacial score (nSPS) is 16.1. The van der Waals surface area contributed by atoms with Crippen molar-refractivity contribution in [2.75, 3.05) is 33.9 Å². The number of rotatable bonds is 20. The lowest BCUT2D eigenvalue weighted by atomic mass is 9.74. The molecule has 1 saturated heterocycles. The largest absolute Gasteiger partial charge is 0.493 e. The Morgan fingerprint density at radius 2 is 1.42 bits per heavy atom. The smallest absolute Gasteiger partial charge is 0.161 e. The van der Waals surface area contributed by atoms with Gasteiger partial charge in [-0.2, -0.15) is 5.26 Å². The van der Waals surface area contributed by atoms with E-state index < -0.39 is 5.41 Å². The average Bonchev–Trinajstić information content (AvgIpc) is 3.04. The number of halogens is 1. The second-order valence-corrected chi connectivity index (χ2v) is 12.3. The molecular weight excluding hydrogens is 556 g/mol. The molecule has 0 saturated carbocycles. The van der Waals surface area contributed by atoms with Gasteiger partial charge in [0.2, 0.25) is 0 Å². The molecule has 0 bridgehead atoms. The average molecular weight is 613 g/mol. The summed E-state index contributed by atoms with van der Waals surface area (Å²) in [6, 6.07) is 18.9. The molecule has 43 heavy (non-hydrogen) atoms. The van der Waals surface area contributed by atoms with Crippen LogP contribution >= 0.6 is 12.4 Å². The third kappa shape index (κ3) is 11.6. The number of unbranched alkanes of at least 4 members (excludes halogenated alkanes) is 9. The van der Waals surface area contributed by atoms with Crippen molar-refractivity contribution in [3.05, 3.63) is 59.7 Å². The van der Waals surface area contributed by atoms with Crippen molar-refractivity contribution in [1.29, 1.82) is 5.26 Å². The van der Waals surface area contributed by atoms with Gasteiger partial charge >= 0.3 is 0 Å². The molecule has 3 rings (SSSR count). The maximum atomic E-state index is 10.9. The van der Waals surface area contributed by atoms with E-state index in [-0.39, 0.29) is 18.5 Å². The van der Waals surface area contributed by atoms with E-state index >= 15 is 0 Å². The van der Waals surface area contributed by atoms with E-state index in [2.05, 4.69) is 24.0 Å². The number of likely N-dealkylation sites (tertiary alicyclic amines) is 1. The molecule has 2 atom stereocenters. The molecular formula is C37H57ClN2O3. The summed E-state index contributed by atoms with van der Waals surface area (Å²) in [5, 5.41) is 21.5. The molecule has 0 amide bonds. The van der Waals surface area contributed by atoms with Crippen LogP contribution in [0.4, 0.5) is 0 Å². The first-order chi connectivity index (χ1) is 20.6. The molecule has 0 aliphatic carbocycles. The van der Waals surface area contributed by atoms with Crippen LogP contribution in [0.15, 0.2) is 48.5 Å². The van der Waals surface area contributed by atoms with Crippen molar-refractivity contribution in [2.24, 2.45) is 5.92 Å². The highest BCUT2D eigenvalue weighted by Gasteiger charge is 2.33. The molecule has 1 aliphatic rings. The summed E-state index contributed by atoms with van der Waals surface area (Å²) in [5.74, 6) is 1.70. The molecule has 0 aromatic heterocycles. The van der Waals surface area contributed by atoms with E-state index in [0.717, 1.165) is 69.3 Å². The topological polar surface area (TPSA) is 65.7 Å². The summed E-state index contributed by atoms with van der Waals surface area (Å²) in [4.78, 5) is 2.52. The van der Waals surface area contributed by atoms with Gasteiger partial charge in [-0.25, -0.2) is 0 Å². The summed E-state index contributed by atoms with van der Waals surface area (Å²) in [7, 11) is 3.32. The zero-order valence-corrected chi connectivity index (χ0v) is 27.9. The van der Waals surface area contributed by atoms with Gasteiger partial charge < -0.3 is 19.5 Å². The number of ether oxygens (including phenoxy) is 2. The minimum atomic E-state index is -0.526. The predicted molar refractivity (Wildman–Crippen MR) is 180 cm³/mol. The van der Waals surface area contributed by atoms with Crippen LogP contribution in [0.25, 0.3) is 0 Å². The standard InChI is InChI=1S/C37H56N2O3.ClH/c1-4-5-6-7-8-9-10-11-12-16-24-37(30-38,33-20-21-34(41-2)35(29-33)42-3)25-17-26-39-27-22-32(23-28-39)36(40)31-18-14-13-15-19-31;/h13-15,18-21,29,32,36,40H,4-12,16-17,22-28H2,1-3H3;1H. The third-order valence-corrected chi connectivity index (χ3v) is 9.40. The summed E-state index contributed by atoms with van der Waals surface area (Å²) < 4.78 is 11.1. The lowest BCUT2D eigenvalue weighted by molar-refractivity contribution is 0.0581. The lowest BCUT2D eigenvalue weighted by Gasteiger charge is -2.35. The first kappa shape index (κ1) is 36.9. The Labute approximate surface area is 268 Å². The van der Waals surface area contributed by atoms with Crippen molar-refractivity contribution in [1.82, 2.24) is 4.90 Å². The van der Waals surface area contributed by atoms with E-state index in [4.69, 9.17) is 9.47 Å². The summed E-state index contributed by atoms with van der Waals surface area (Å²) >= 11 is 0. The van der Waals surface area contributed by atoms with Crippen LogP contribution in [-0.4, -0.2) is 43.9 Å². The molecule has 1 fully saturated rings. The summed E-state index contributed by atoms with van der Waals surface area (Å²) in [6.07, 6.45) is 17.2. The van der Waals surface area contributed by atoms with Gasteiger partial charge in [0, 0.05) is 0 Å². The molecule has 2 aromatic carbocycles. The Balaban J connectivity index is 0.00000645. The molecule has 5 nitrogen and oxygen atoms in total. The molecule has 0 spiro atoms. The fourth-order valence-electron chi connectivity index (χ4n) is 6.66. The van der Waals surface area contributed by atoms with Crippen LogP contribution in [-0.2, 0) is 5.41 Å². The highest BCUT2D eigenvalue weighted by Crippen LogP contribution is 2.39. The highest BCUT2D eigenvalue weighted by atomic mass is 35.5. The maximum Gasteiger partial charge on any atom is 0.161 e. The van der Waals surface area contributed by atoms with E-state index in [1.54, 1.807) is 14.2 Å². The Bertz CT molecular complexity index is 1050.